The number of aromatic amines is 1. The SMILES string of the molecule is NC(=O)Oc1ccc(-c2noc(Cc3ccc(-c4nn[nH]n4)cc3F)n2)cc1. The van der Waals surface area contributed by atoms with Gasteiger partial charge in [0.1, 0.15) is 11.6 Å². The van der Waals surface area contributed by atoms with E-state index in [9.17, 15) is 9.18 Å². The largest absolute Gasteiger partial charge is 0.411 e. The number of nitrogens with two attached hydrogens (primary N) is 1. The van der Waals surface area contributed by atoms with Gasteiger partial charge in [0.25, 0.3) is 0 Å². The molecule has 0 aliphatic heterocycles. The van der Waals surface area contributed by atoms with Gasteiger partial charge in [-0.2, -0.15) is 10.2 Å². The van der Waals surface area contributed by atoms with Crippen molar-refractivity contribution in [3.05, 3.63) is 59.7 Å². The zero-order chi connectivity index (χ0) is 19.5. The summed E-state index contributed by atoms with van der Waals surface area (Å²) in [5, 5.41) is 17.3. The Morgan fingerprint density at radius 1 is 1.14 bits per heavy atom. The molecule has 0 bridgehead atoms. The Bertz CT molecular complexity index is 1110. The van der Waals surface area contributed by atoms with Gasteiger partial charge in [-0.25, -0.2) is 9.18 Å². The number of benzene rings is 2. The molecule has 0 aliphatic carbocycles. The average Bonchev–Trinajstić information content (AvgIpc) is 3.36. The lowest BCUT2D eigenvalue weighted by atomic mass is 10.1. The monoisotopic (exact) mass is 381 g/mol. The number of halogens is 1. The first-order chi connectivity index (χ1) is 13.6. The summed E-state index contributed by atoms with van der Waals surface area (Å²) < 4.78 is 24.3. The smallest absolute Gasteiger partial charge is 0.409 e. The standard InChI is InChI=1S/C17H12FN7O3/c18-13-7-11(16-21-24-25-22-16)2-1-10(13)8-14-20-15(23-28-14)9-3-5-12(6-4-9)27-17(19)26/h1-7H,8H2,(H2,19,26)(H,21,22,24,25). The first-order valence-corrected chi connectivity index (χ1v) is 8.01. The van der Waals surface area contributed by atoms with E-state index in [1.54, 1.807) is 36.4 Å². The molecule has 2 aromatic carbocycles. The van der Waals surface area contributed by atoms with Gasteiger partial charge in [0.05, 0.1) is 6.42 Å². The number of aromatic nitrogens is 6. The van der Waals surface area contributed by atoms with Gasteiger partial charge in [0, 0.05) is 11.1 Å². The van der Waals surface area contributed by atoms with Crippen LogP contribution >= 0.6 is 0 Å². The molecule has 1 amide bonds. The van der Waals surface area contributed by atoms with Crippen LogP contribution in [0.1, 0.15) is 11.5 Å². The van der Waals surface area contributed by atoms with E-state index in [1.165, 1.54) is 6.07 Å². The normalized spacial score (nSPS) is 10.8. The van der Waals surface area contributed by atoms with Gasteiger partial charge in [0.2, 0.25) is 17.5 Å². The number of primary amides is 1. The number of amides is 1. The van der Waals surface area contributed by atoms with Gasteiger partial charge in [-0.15, -0.1) is 10.2 Å². The molecular formula is C17H12FN7O3. The Kier molecular flexibility index (Phi) is 4.46. The van der Waals surface area contributed by atoms with Crippen molar-refractivity contribution in [3.8, 4) is 28.5 Å². The molecule has 2 heterocycles. The second kappa shape index (κ2) is 7.23. The predicted molar refractivity (Wildman–Crippen MR) is 92.3 cm³/mol. The fourth-order valence-electron chi connectivity index (χ4n) is 2.51. The van der Waals surface area contributed by atoms with Crippen LogP contribution < -0.4 is 10.5 Å². The van der Waals surface area contributed by atoms with Crippen molar-refractivity contribution >= 4 is 6.09 Å². The maximum Gasteiger partial charge on any atom is 0.409 e. The quantitative estimate of drug-likeness (QED) is 0.534. The van der Waals surface area contributed by atoms with E-state index >= 15 is 0 Å². The summed E-state index contributed by atoms with van der Waals surface area (Å²) in [4.78, 5) is 15.0. The van der Waals surface area contributed by atoms with Crippen LogP contribution in [0.25, 0.3) is 22.8 Å². The Hall–Kier alpha value is -4.15. The van der Waals surface area contributed by atoms with Crippen molar-refractivity contribution in [1.29, 1.82) is 0 Å². The molecule has 0 saturated carbocycles. The summed E-state index contributed by atoms with van der Waals surface area (Å²) in [6, 6.07) is 11.0. The minimum Gasteiger partial charge on any atom is -0.411 e. The maximum absolute atomic E-state index is 14.4. The Morgan fingerprint density at radius 3 is 2.61 bits per heavy atom. The number of carbonyl (C=O) groups excluding carboxylic acids is 1. The van der Waals surface area contributed by atoms with Crippen LogP contribution in [0.15, 0.2) is 47.0 Å². The molecule has 2 aromatic heterocycles. The summed E-state index contributed by atoms with van der Waals surface area (Å²) >= 11 is 0. The van der Waals surface area contributed by atoms with Crippen LogP contribution in [-0.2, 0) is 6.42 Å². The summed E-state index contributed by atoms with van der Waals surface area (Å²) in [7, 11) is 0. The first kappa shape index (κ1) is 17.3. The van der Waals surface area contributed by atoms with Gasteiger partial charge in [-0.3, -0.25) is 0 Å². The van der Waals surface area contributed by atoms with E-state index in [-0.39, 0.29) is 12.3 Å². The van der Waals surface area contributed by atoms with Crippen LogP contribution in [0, 0.1) is 5.82 Å². The van der Waals surface area contributed by atoms with Gasteiger partial charge >= 0.3 is 6.09 Å². The lowest BCUT2D eigenvalue weighted by molar-refractivity contribution is 0.211. The molecule has 0 fully saturated rings. The topological polar surface area (TPSA) is 146 Å². The molecule has 0 unspecified atom stereocenters. The number of H-pyrrole nitrogens is 1. The second-order valence-corrected chi connectivity index (χ2v) is 5.68. The van der Waals surface area contributed by atoms with Gasteiger partial charge in [-0.05, 0) is 41.1 Å². The van der Waals surface area contributed by atoms with E-state index in [1.807, 2.05) is 0 Å². The Morgan fingerprint density at radius 2 is 1.93 bits per heavy atom. The van der Waals surface area contributed by atoms with Crippen molar-refractivity contribution in [3.63, 3.8) is 0 Å². The van der Waals surface area contributed by atoms with Crippen molar-refractivity contribution in [2.45, 2.75) is 6.42 Å². The van der Waals surface area contributed by atoms with Crippen molar-refractivity contribution in [2.24, 2.45) is 5.73 Å². The molecule has 4 rings (SSSR count). The van der Waals surface area contributed by atoms with Crippen LogP contribution in [0.5, 0.6) is 5.75 Å². The molecule has 3 N–H and O–H groups in total. The lowest BCUT2D eigenvalue weighted by Crippen LogP contribution is -2.16. The first-order valence-electron chi connectivity index (χ1n) is 8.01. The molecule has 4 aromatic rings. The fraction of sp³-hybridized carbons (Fsp3) is 0.0588. The summed E-state index contributed by atoms with van der Waals surface area (Å²) in [5.41, 5.74) is 6.48. The zero-order valence-corrected chi connectivity index (χ0v) is 14.2. The molecule has 11 heteroatoms. The number of hydrogen-bond acceptors (Lipinski definition) is 8. The molecular weight excluding hydrogens is 369 g/mol. The highest BCUT2D eigenvalue weighted by atomic mass is 19.1. The average molecular weight is 381 g/mol. The molecule has 28 heavy (non-hydrogen) atoms. The van der Waals surface area contributed by atoms with Crippen LogP contribution in [0.3, 0.4) is 0 Å². The van der Waals surface area contributed by atoms with E-state index < -0.39 is 11.9 Å². The molecule has 0 aliphatic rings. The number of carbonyl (C=O) groups is 1. The molecule has 10 nitrogen and oxygen atoms in total. The second-order valence-electron chi connectivity index (χ2n) is 5.68. The predicted octanol–water partition coefficient (Wildman–Crippen LogP) is 2.10. The number of rotatable bonds is 5. The number of hydrogen-bond donors (Lipinski definition) is 2. The third-order valence-electron chi connectivity index (χ3n) is 3.80. The van der Waals surface area contributed by atoms with Gasteiger partial charge < -0.3 is 15.0 Å². The van der Waals surface area contributed by atoms with Crippen molar-refractivity contribution in [2.75, 3.05) is 0 Å². The zero-order valence-electron chi connectivity index (χ0n) is 14.2. The number of tetrazole rings is 1. The van der Waals surface area contributed by atoms with Crippen LogP contribution in [0.2, 0.25) is 0 Å². The highest BCUT2D eigenvalue weighted by molar-refractivity contribution is 5.68. The molecule has 0 atom stereocenters. The molecule has 140 valence electrons. The van der Waals surface area contributed by atoms with E-state index in [4.69, 9.17) is 15.0 Å². The van der Waals surface area contributed by atoms with E-state index in [0.717, 1.165) is 0 Å². The highest BCUT2D eigenvalue weighted by Gasteiger charge is 2.14. The van der Waals surface area contributed by atoms with Gasteiger partial charge in [0.15, 0.2) is 0 Å². The number of nitrogens with zero attached hydrogens (tertiary/aromatic N) is 5. The van der Waals surface area contributed by atoms with Crippen molar-refractivity contribution < 1.29 is 18.4 Å². The third kappa shape index (κ3) is 3.67. The summed E-state index contributed by atoms with van der Waals surface area (Å²) in [5.74, 6) is 0.719. The number of ether oxygens (including phenoxy) is 1. The maximum atomic E-state index is 14.4. The summed E-state index contributed by atoms with van der Waals surface area (Å²) in [6.07, 6.45) is -0.782. The summed E-state index contributed by atoms with van der Waals surface area (Å²) in [6.45, 7) is 0. The van der Waals surface area contributed by atoms with Crippen molar-refractivity contribution in [1.82, 2.24) is 30.8 Å². The molecule has 0 spiro atoms. The fourth-order valence-corrected chi connectivity index (χ4v) is 2.51. The lowest BCUT2D eigenvalue weighted by Gasteiger charge is -2.01. The van der Waals surface area contributed by atoms with E-state index in [0.29, 0.717) is 34.1 Å². The highest BCUT2D eigenvalue weighted by Crippen LogP contribution is 2.23. The Balaban J connectivity index is 1.50. The minimum atomic E-state index is -0.901. The van der Waals surface area contributed by atoms with Gasteiger partial charge in [-0.1, -0.05) is 17.3 Å². The molecule has 0 saturated heterocycles. The Labute approximate surface area is 156 Å². The molecule has 0 radical (unpaired) electrons. The van der Waals surface area contributed by atoms with E-state index in [2.05, 4.69) is 30.8 Å². The van der Waals surface area contributed by atoms with Crippen LogP contribution in [-0.4, -0.2) is 36.9 Å². The third-order valence-corrected chi connectivity index (χ3v) is 3.80. The number of nitrogens with one attached hydrogen (secondary N) is 1. The van der Waals surface area contributed by atoms with Crippen LogP contribution in [0.4, 0.5) is 9.18 Å². The minimum absolute atomic E-state index is 0.119.